The summed E-state index contributed by atoms with van der Waals surface area (Å²) >= 11 is 0. The molecule has 0 radical (unpaired) electrons. The first kappa shape index (κ1) is 59.1. The molecule has 442 valence electrons. The lowest BCUT2D eigenvalue weighted by molar-refractivity contribution is -0.155. The smallest absolute Gasteiger partial charge is 0.324 e. The molecule has 4 aliphatic rings. The number of phenolic OH excluding ortho intramolecular Hbond substituents is 1. The van der Waals surface area contributed by atoms with Gasteiger partial charge in [0, 0.05) is 98.6 Å². The molecule has 5 N–H and O–H groups in total. The number of cyclic esters (lactones) is 1. The molecule has 7 heterocycles. The normalized spacial score (nSPS) is 22.0. The number of furan rings is 1. The first-order valence-corrected chi connectivity index (χ1v) is 30.7. The summed E-state index contributed by atoms with van der Waals surface area (Å²) in [7, 11) is 0.199. The lowest BCUT2D eigenvalue weighted by Gasteiger charge is -2.37. The summed E-state index contributed by atoms with van der Waals surface area (Å²) in [5.41, 5.74) is 17.1. The topological polar surface area (TPSA) is 241 Å². The van der Waals surface area contributed by atoms with Crippen molar-refractivity contribution < 1.29 is 51.3 Å². The third kappa shape index (κ3) is 12.7. The monoisotopic (exact) mass is 1150 g/mol. The number of ether oxygens (including phenoxy) is 3. The van der Waals surface area contributed by atoms with Crippen molar-refractivity contribution in [2.75, 3.05) is 64.2 Å². The Morgan fingerprint density at radius 3 is 2.45 bits per heavy atom. The number of nitrogens with two attached hydrogens (primary N) is 1. The number of nitrogens with zero attached hydrogens (tertiary/aromatic N) is 5. The summed E-state index contributed by atoms with van der Waals surface area (Å²) in [5, 5.41) is 16.9. The summed E-state index contributed by atoms with van der Waals surface area (Å²) in [6, 6.07) is 21.6. The number of hydrazine groups is 1. The maximum absolute atomic E-state index is 15.0. The second-order valence-corrected chi connectivity index (χ2v) is 26.2. The van der Waals surface area contributed by atoms with Crippen LogP contribution in [0.4, 0.5) is 5.69 Å². The van der Waals surface area contributed by atoms with Gasteiger partial charge in [-0.2, -0.15) is 0 Å². The van der Waals surface area contributed by atoms with E-state index in [1.807, 2.05) is 57.2 Å². The van der Waals surface area contributed by atoms with Crippen LogP contribution in [-0.4, -0.2) is 144 Å². The summed E-state index contributed by atoms with van der Waals surface area (Å²) in [5.74, 6) is -1.04. The van der Waals surface area contributed by atoms with Crippen LogP contribution in [0.1, 0.15) is 101 Å². The number of sulfone groups is 1. The number of benzene rings is 3. The second kappa shape index (κ2) is 24.2. The maximum Gasteiger partial charge on any atom is 0.324 e. The van der Waals surface area contributed by atoms with Gasteiger partial charge < -0.3 is 44.3 Å². The van der Waals surface area contributed by atoms with Crippen LogP contribution in [0.3, 0.4) is 0 Å². The molecule has 6 aromatic rings. The highest BCUT2D eigenvalue weighted by atomic mass is 32.2. The number of methoxy groups -OCH3 is 1. The molecule has 6 bridgehead atoms. The highest BCUT2D eigenvalue weighted by Gasteiger charge is 2.43. The number of nitrogen functional groups attached to an aromatic ring is 1. The molecule has 3 amide bonds. The Bertz CT molecular complexity index is 3510. The number of carbonyl (C=O) groups is 4. The molecule has 4 aliphatic heterocycles. The van der Waals surface area contributed by atoms with Gasteiger partial charge in [-0.3, -0.25) is 34.1 Å². The number of carbonyl (C=O) groups excluding carboxylic acids is 4. The number of likely N-dealkylation sites (N-methyl/N-ethyl adjacent to an activating group) is 1. The van der Waals surface area contributed by atoms with E-state index in [0.717, 1.165) is 44.4 Å². The zero-order valence-electron chi connectivity index (χ0n) is 48.8. The van der Waals surface area contributed by atoms with Crippen molar-refractivity contribution in [3.63, 3.8) is 0 Å². The van der Waals surface area contributed by atoms with E-state index in [0.29, 0.717) is 92.5 Å². The van der Waals surface area contributed by atoms with Crippen LogP contribution < -0.4 is 16.5 Å². The molecule has 3 saturated heterocycles. The van der Waals surface area contributed by atoms with Crippen molar-refractivity contribution in [1.82, 2.24) is 35.1 Å². The van der Waals surface area contributed by atoms with E-state index in [4.69, 9.17) is 29.3 Å². The Kier molecular flexibility index (Phi) is 17.3. The minimum atomic E-state index is -3.04. The molecular formula is C63H78N8O11S. The molecule has 20 heteroatoms. The third-order valence-electron chi connectivity index (χ3n) is 16.9. The number of nitrogens with one attached hydrogen (secondary N) is 2. The largest absolute Gasteiger partial charge is 0.508 e. The quantitative estimate of drug-likeness (QED) is 0.0644. The summed E-state index contributed by atoms with van der Waals surface area (Å²) in [4.78, 5) is 67.1. The number of esters is 1. The standard InChI is InChI=1S/C63H78N8O11S/c1-9-70-53-18-14-41-31-48(53)50(57(70)49-32-43(34-65-55(49)38(4)79-8)54-19-17-46(82-54)35-69-22-25-83(77,78)26-23-69)33-63(5,6)36-81-62(76)51-11-10-21-71(67-51)60(74)52(29-39-27-42(41)30-45(72)28-39)66-59(73)56(37(2)3)68(7)61(75)58-47(20-24-80-58)40-12-15-44(64)16-13-40/h12-19,27-28,30-32,34,37-38,47,51-52,56,58,67,72H,9-11,20-26,29,33,35-36,64H2,1-8H3,(H,66,73). The number of rotatable bonds is 13. The zero-order chi connectivity index (χ0) is 59.1. The van der Waals surface area contributed by atoms with Crippen molar-refractivity contribution in [2.45, 2.75) is 123 Å². The number of phenols is 1. The Balaban J connectivity index is 1.03. The Hall–Kier alpha value is -7.10. The molecule has 3 aromatic heterocycles. The van der Waals surface area contributed by atoms with Crippen LogP contribution in [0.15, 0.2) is 89.5 Å². The predicted molar refractivity (Wildman–Crippen MR) is 316 cm³/mol. The first-order chi connectivity index (χ1) is 39.6. The van der Waals surface area contributed by atoms with Crippen molar-refractivity contribution in [2.24, 2.45) is 11.3 Å². The highest BCUT2D eigenvalue weighted by molar-refractivity contribution is 7.91. The van der Waals surface area contributed by atoms with Crippen LogP contribution >= 0.6 is 0 Å². The van der Waals surface area contributed by atoms with Crippen molar-refractivity contribution in [1.29, 1.82) is 0 Å². The average molecular weight is 1160 g/mol. The van der Waals surface area contributed by atoms with Gasteiger partial charge in [0.15, 0.2) is 9.84 Å². The summed E-state index contributed by atoms with van der Waals surface area (Å²) < 4.78 is 51.4. The van der Waals surface area contributed by atoms with Gasteiger partial charge in [-0.05, 0) is 128 Å². The Morgan fingerprint density at radius 1 is 0.964 bits per heavy atom. The van der Waals surface area contributed by atoms with E-state index in [2.05, 4.69) is 59.2 Å². The fourth-order valence-corrected chi connectivity index (χ4v) is 13.7. The van der Waals surface area contributed by atoms with E-state index in [-0.39, 0.29) is 54.6 Å². The van der Waals surface area contributed by atoms with E-state index in [1.165, 1.54) is 9.91 Å². The van der Waals surface area contributed by atoms with Gasteiger partial charge in [-0.25, -0.2) is 13.8 Å². The lowest BCUT2D eigenvalue weighted by Crippen LogP contribution is -2.62. The summed E-state index contributed by atoms with van der Waals surface area (Å²) in [6.07, 6.45) is 2.42. The molecule has 83 heavy (non-hydrogen) atoms. The van der Waals surface area contributed by atoms with Crippen LogP contribution in [0, 0.1) is 11.3 Å². The minimum Gasteiger partial charge on any atom is -0.508 e. The maximum atomic E-state index is 15.0. The number of fused-ring (bicyclic) bond motifs is 6. The molecule has 10 rings (SSSR count). The van der Waals surface area contributed by atoms with Gasteiger partial charge in [-0.1, -0.05) is 52.0 Å². The third-order valence-corrected chi connectivity index (χ3v) is 18.5. The first-order valence-electron chi connectivity index (χ1n) is 28.9. The second-order valence-electron chi connectivity index (χ2n) is 23.9. The number of amides is 3. The molecule has 3 fully saturated rings. The summed E-state index contributed by atoms with van der Waals surface area (Å²) in [6.45, 7) is 14.4. The number of anilines is 1. The van der Waals surface area contributed by atoms with Gasteiger partial charge in [0.2, 0.25) is 5.91 Å². The fourth-order valence-electron chi connectivity index (χ4n) is 12.4. The van der Waals surface area contributed by atoms with E-state index in [9.17, 15) is 32.7 Å². The fraction of sp³-hybridized carbons (Fsp3) is 0.476. The SMILES string of the molecule is CCn1c(-c2cc(-c3ccc(CN4CCS(=O)(=O)CC4)o3)cnc2C(C)OC)c2c3cc(ccc31)-c1cc(O)cc(c1)CC(NC(=O)C(C(C)C)N(C)C(=O)C1OCCC1c1ccc(N)cc1)C(=O)N1CCCC(N1)C(=O)OCC(C)(C)C2. The number of hydrogen-bond donors (Lipinski definition) is 4. The number of hydrogen-bond acceptors (Lipinski definition) is 15. The van der Waals surface area contributed by atoms with Gasteiger partial charge in [0.25, 0.3) is 11.8 Å². The van der Waals surface area contributed by atoms with Crippen molar-refractivity contribution in [3.8, 4) is 39.5 Å². The van der Waals surface area contributed by atoms with Gasteiger partial charge >= 0.3 is 5.97 Å². The van der Waals surface area contributed by atoms with Crippen molar-refractivity contribution in [3.05, 3.63) is 113 Å². The number of aromatic nitrogens is 2. The van der Waals surface area contributed by atoms with E-state index in [1.54, 1.807) is 44.6 Å². The van der Waals surface area contributed by atoms with E-state index >= 15 is 0 Å². The van der Waals surface area contributed by atoms with Crippen LogP contribution in [0.25, 0.3) is 44.6 Å². The number of aromatic hydroxyl groups is 1. The van der Waals surface area contributed by atoms with Crippen LogP contribution in [-0.2, 0) is 69.2 Å². The van der Waals surface area contributed by atoms with Gasteiger partial charge in [-0.15, -0.1) is 0 Å². The molecule has 19 nitrogen and oxygen atoms in total. The van der Waals surface area contributed by atoms with Gasteiger partial charge in [0.1, 0.15) is 41.5 Å². The molecule has 3 aromatic carbocycles. The molecule has 0 aliphatic carbocycles. The molecule has 0 saturated carbocycles. The molecule has 6 atom stereocenters. The number of pyridine rings is 1. The molecule has 6 unspecified atom stereocenters. The van der Waals surface area contributed by atoms with Crippen LogP contribution in [0.2, 0.25) is 0 Å². The number of aryl methyl sites for hydroxylation is 1. The minimum absolute atomic E-state index is 0.0394. The Morgan fingerprint density at radius 2 is 1.72 bits per heavy atom. The zero-order valence-corrected chi connectivity index (χ0v) is 49.6. The average Bonchev–Trinajstić information content (AvgIpc) is 3.28. The highest BCUT2D eigenvalue weighted by Crippen LogP contribution is 2.44. The van der Waals surface area contributed by atoms with E-state index < -0.39 is 63.4 Å². The van der Waals surface area contributed by atoms with Crippen LogP contribution in [0.5, 0.6) is 5.75 Å². The van der Waals surface area contributed by atoms with Gasteiger partial charge in [0.05, 0.1) is 42.1 Å². The predicted octanol–water partition coefficient (Wildman–Crippen LogP) is 7.58. The lowest BCUT2D eigenvalue weighted by atomic mass is 9.84. The molecule has 0 spiro atoms. The molecular weight excluding hydrogens is 1080 g/mol. The Labute approximate surface area is 485 Å². The van der Waals surface area contributed by atoms with Crippen molar-refractivity contribution >= 4 is 50.1 Å².